The molecule has 26 heavy (non-hydrogen) atoms. The predicted octanol–water partition coefficient (Wildman–Crippen LogP) is 6.29. The molecule has 2 aromatic carbocycles. The lowest BCUT2D eigenvalue weighted by Gasteiger charge is -2.10. The van der Waals surface area contributed by atoms with Gasteiger partial charge in [0, 0.05) is 42.7 Å². The van der Waals surface area contributed by atoms with Gasteiger partial charge in [0.2, 0.25) is 0 Å². The van der Waals surface area contributed by atoms with Gasteiger partial charge in [-0.3, -0.25) is 0 Å². The van der Waals surface area contributed by atoms with E-state index in [1.807, 2.05) is 36.5 Å². The molecule has 0 amide bonds. The Bertz CT molecular complexity index is 943. The van der Waals surface area contributed by atoms with E-state index in [4.69, 9.17) is 23.2 Å². The monoisotopic (exact) mass is 449 g/mol. The van der Waals surface area contributed by atoms with Gasteiger partial charge in [0.05, 0.1) is 12.8 Å². The Balaban J connectivity index is 1.77. The smallest absolute Gasteiger partial charge is 0.0609 e. The number of aryl methyl sites for hydroxylation is 1. The van der Waals surface area contributed by atoms with Crippen LogP contribution in [-0.4, -0.2) is 10.8 Å². The maximum absolute atomic E-state index is 6.17. The molecule has 6 heteroatoms. The number of hydrogen-bond donors (Lipinski definition) is 1. The van der Waals surface area contributed by atoms with Crippen molar-refractivity contribution in [1.82, 2.24) is 9.99 Å². The van der Waals surface area contributed by atoms with Crippen LogP contribution < -0.4 is 5.43 Å². The van der Waals surface area contributed by atoms with Crippen LogP contribution in [0.25, 0.3) is 5.69 Å². The van der Waals surface area contributed by atoms with Gasteiger partial charge in [0.1, 0.15) is 0 Å². The lowest BCUT2D eigenvalue weighted by Crippen LogP contribution is -2.07. The number of rotatable bonds is 5. The standard InChI is InChI=1S/C20H18BrCl2N3/c1-13-9-15(14(2)26(13)17-6-3-5-16(21)10-17)11-24-25-12-18-19(22)7-4-8-20(18)23/h3-11,25H,12H2,1-2H3/b24-11-. The summed E-state index contributed by atoms with van der Waals surface area (Å²) >= 11 is 15.9. The van der Waals surface area contributed by atoms with Crippen molar-refractivity contribution >= 4 is 45.3 Å². The fourth-order valence-electron chi connectivity index (χ4n) is 2.87. The van der Waals surface area contributed by atoms with Gasteiger partial charge in [0.25, 0.3) is 0 Å². The van der Waals surface area contributed by atoms with Crippen LogP contribution in [0.5, 0.6) is 0 Å². The average molecular weight is 451 g/mol. The molecule has 0 spiro atoms. The molecule has 0 aliphatic carbocycles. The molecule has 0 fully saturated rings. The van der Waals surface area contributed by atoms with Gasteiger partial charge in [0.15, 0.2) is 0 Å². The molecule has 0 saturated heterocycles. The van der Waals surface area contributed by atoms with Gasteiger partial charge in [-0.15, -0.1) is 0 Å². The summed E-state index contributed by atoms with van der Waals surface area (Å²) in [6.07, 6.45) is 1.82. The summed E-state index contributed by atoms with van der Waals surface area (Å²) in [6.45, 7) is 4.64. The maximum atomic E-state index is 6.17. The van der Waals surface area contributed by atoms with Gasteiger partial charge in [-0.2, -0.15) is 5.10 Å². The first-order valence-electron chi connectivity index (χ1n) is 8.11. The second-order valence-corrected chi connectivity index (χ2v) is 7.67. The quantitative estimate of drug-likeness (QED) is 0.359. The molecule has 3 rings (SSSR count). The van der Waals surface area contributed by atoms with Crippen LogP contribution in [0.2, 0.25) is 10.0 Å². The zero-order valence-corrected chi connectivity index (χ0v) is 17.5. The van der Waals surface area contributed by atoms with E-state index in [9.17, 15) is 0 Å². The van der Waals surface area contributed by atoms with Crippen molar-refractivity contribution < 1.29 is 0 Å². The SMILES string of the molecule is Cc1cc(/C=N\NCc2c(Cl)cccc2Cl)c(C)n1-c1cccc(Br)c1. The van der Waals surface area contributed by atoms with E-state index in [2.05, 4.69) is 63.1 Å². The van der Waals surface area contributed by atoms with Crippen LogP contribution in [0.15, 0.2) is 58.1 Å². The lowest BCUT2D eigenvalue weighted by molar-refractivity contribution is 0.748. The maximum Gasteiger partial charge on any atom is 0.0609 e. The number of benzene rings is 2. The summed E-state index contributed by atoms with van der Waals surface area (Å²) in [5, 5.41) is 5.60. The largest absolute Gasteiger partial charge is 0.318 e. The highest BCUT2D eigenvalue weighted by Crippen LogP contribution is 2.24. The van der Waals surface area contributed by atoms with Crippen LogP contribution in [-0.2, 0) is 6.54 Å². The Labute approximate surface area is 171 Å². The van der Waals surface area contributed by atoms with E-state index < -0.39 is 0 Å². The van der Waals surface area contributed by atoms with Crippen LogP contribution in [0.1, 0.15) is 22.5 Å². The molecule has 3 nitrogen and oxygen atoms in total. The van der Waals surface area contributed by atoms with E-state index >= 15 is 0 Å². The molecule has 1 N–H and O–H groups in total. The molecule has 1 aromatic heterocycles. The molecule has 1 heterocycles. The number of hydrazone groups is 1. The van der Waals surface area contributed by atoms with Crippen LogP contribution in [0, 0.1) is 13.8 Å². The summed E-state index contributed by atoms with van der Waals surface area (Å²) in [4.78, 5) is 0. The van der Waals surface area contributed by atoms with E-state index in [0.717, 1.165) is 32.7 Å². The minimum absolute atomic E-state index is 0.472. The Morgan fingerprint density at radius 1 is 1.08 bits per heavy atom. The molecule has 0 atom stereocenters. The molecule has 0 radical (unpaired) electrons. The first-order chi connectivity index (χ1) is 12.5. The molecule has 0 unspecified atom stereocenters. The molecule has 3 aromatic rings. The molecular weight excluding hydrogens is 433 g/mol. The van der Waals surface area contributed by atoms with E-state index in [-0.39, 0.29) is 0 Å². The Kier molecular flexibility index (Phi) is 6.07. The van der Waals surface area contributed by atoms with Gasteiger partial charge in [-0.05, 0) is 50.2 Å². The second kappa shape index (κ2) is 8.30. The third-order valence-corrected chi connectivity index (χ3v) is 5.35. The van der Waals surface area contributed by atoms with Crippen molar-refractivity contribution in [3.05, 3.63) is 85.6 Å². The Hall–Kier alpha value is -1.75. The van der Waals surface area contributed by atoms with Crippen LogP contribution in [0.4, 0.5) is 0 Å². The van der Waals surface area contributed by atoms with Gasteiger partial charge in [-0.25, -0.2) is 0 Å². The number of nitrogens with zero attached hydrogens (tertiary/aromatic N) is 2. The summed E-state index contributed by atoms with van der Waals surface area (Å²) in [5.74, 6) is 0. The van der Waals surface area contributed by atoms with E-state index in [1.54, 1.807) is 0 Å². The van der Waals surface area contributed by atoms with E-state index in [1.165, 1.54) is 0 Å². The van der Waals surface area contributed by atoms with Crippen LogP contribution in [0.3, 0.4) is 0 Å². The molecule has 134 valence electrons. The number of nitrogens with one attached hydrogen (secondary N) is 1. The molecule has 0 aliphatic rings. The Morgan fingerprint density at radius 2 is 1.77 bits per heavy atom. The first-order valence-corrected chi connectivity index (χ1v) is 9.66. The highest BCUT2D eigenvalue weighted by Gasteiger charge is 2.10. The third kappa shape index (κ3) is 4.14. The normalized spacial score (nSPS) is 11.3. The summed E-state index contributed by atoms with van der Waals surface area (Å²) in [5.41, 5.74) is 8.31. The Morgan fingerprint density at radius 3 is 2.46 bits per heavy atom. The van der Waals surface area contributed by atoms with Gasteiger partial charge in [-0.1, -0.05) is 51.3 Å². The molecule has 0 bridgehead atoms. The lowest BCUT2D eigenvalue weighted by atomic mass is 10.2. The van der Waals surface area contributed by atoms with Crippen molar-refractivity contribution in [1.29, 1.82) is 0 Å². The van der Waals surface area contributed by atoms with Crippen LogP contribution >= 0.6 is 39.1 Å². The minimum atomic E-state index is 0.472. The van der Waals surface area contributed by atoms with Gasteiger partial charge < -0.3 is 9.99 Å². The summed E-state index contributed by atoms with van der Waals surface area (Å²) in [6, 6.07) is 15.8. The van der Waals surface area contributed by atoms with Crippen molar-refractivity contribution in [3.8, 4) is 5.69 Å². The number of aromatic nitrogens is 1. The topological polar surface area (TPSA) is 29.3 Å². The third-order valence-electron chi connectivity index (χ3n) is 4.15. The average Bonchev–Trinajstić information content (AvgIpc) is 2.87. The molecule has 0 saturated carbocycles. The molecule has 0 aliphatic heterocycles. The minimum Gasteiger partial charge on any atom is -0.318 e. The first kappa shape index (κ1) is 19.0. The van der Waals surface area contributed by atoms with E-state index in [0.29, 0.717) is 16.6 Å². The highest BCUT2D eigenvalue weighted by molar-refractivity contribution is 9.10. The zero-order valence-electron chi connectivity index (χ0n) is 14.4. The van der Waals surface area contributed by atoms with Crippen molar-refractivity contribution in [3.63, 3.8) is 0 Å². The fourth-order valence-corrected chi connectivity index (χ4v) is 3.79. The summed E-state index contributed by atoms with van der Waals surface area (Å²) in [7, 11) is 0. The predicted molar refractivity (Wildman–Crippen MR) is 114 cm³/mol. The second-order valence-electron chi connectivity index (χ2n) is 5.94. The zero-order chi connectivity index (χ0) is 18.7. The highest BCUT2D eigenvalue weighted by atomic mass is 79.9. The van der Waals surface area contributed by atoms with Gasteiger partial charge >= 0.3 is 0 Å². The van der Waals surface area contributed by atoms with Crippen molar-refractivity contribution in [2.75, 3.05) is 0 Å². The fraction of sp³-hybridized carbons (Fsp3) is 0.150. The van der Waals surface area contributed by atoms with Crippen molar-refractivity contribution in [2.24, 2.45) is 5.10 Å². The summed E-state index contributed by atoms with van der Waals surface area (Å²) < 4.78 is 3.26. The number of hydrogen-bond acceptors (Lipinski definition) is 2. The number of halogens is 3. The molecular formula is C20H18BrCl2N3. The van der Waals surface area contributed by atoms with Crippen molar-refractivity contribution in [2.45, 2.75) is 20.4 Å².